The van der Waals surface area contributed by atoms with Crippen molar-refractivity contribution in [1.82, 2.24) is 20.3 Å². The van der Waals surface area contributed by atoms with Gasteiger partial charge < -0.3 is 20.1 Å². The summed E-state index contributed by atoms with van der Waals surface area (Å²) in [5.74, 6) is 2.14. The van der Waals surface area contributed by atoms with Gasteiger partial charge in [0.25, 0.3) is 5.91 Å². The first-order chi connectivity index (χ1) is 13.7. The predicted molar refractivity (Wildman–Crippen MR) is 103 cm³/mol. The molecule has 0 radical (unpaired) electrons. The summed E-state index contributed by atoms with van der Waals surface area (Å²) in [4.78, 5) is 25.0. The molecule has 0 atom stereocenters. The van der Waals surface area contributed by atoms with Crippen LogP contribution in [0.3, 0.4) is 0 Å². The number of carbonyl (C=O) groups excluding carboxylic acids is 1. The minimum atomic E-state index is -0.271. The molecule has 1 amide bonds. The second-order valence-electron chi connectivity index (χ2n) is 6.21. The van der Waals surface area contributed by atoms with Gasteiger partial charge in [0.1, 0.15) is 30.5 Å². The van der Waals surface area contributed by atoms with Gasteiger partial charge >= 0.3 is 0 Å². The lowest BCUT2D eigenvalue weighted by Crippen LogP contribution is -2.24. The van der Waals surface area contributed by atoms with Crippen molar-refractivity contribution in [2.24, 2.45) is 0 Å². The number of hydrogen-bond acceptors (Lipinski definition) is 7. The molecule has 8 heteroatoms. The van der Waals surface area contributed by atoms with E-state index in [0.29, 0.717) is 48.6 Å². The molecule has 0 saturated carbocycles. The number of rotatable bonds is 5. The Morgan fingerprint density at radius 3 is 2.64 bits per heavy atom. The molecular weight excluding hydrogens is 358 g/mol. The molecule has 3 aromatic rings. The van der Waals surface area contributed by atoms with E-state index in [1.54, 1.807) is 25.4 Å². The van der Waals surface area contributed by atoms with Crippen molar-refractivity contribution >= 4 is 17.4 Å². The molecule has 3 heterocycles. The monoisotopic (exact) mass is 377 g/mol. The number of anilines is 2. The lowest BCUT2D eigenvalue weighted by atomic mass is 10.2. The van der Waals surface area contributed by atoms with Crippen molar-refractivity contribution < 1.29 is 14.3 Å². The van der Waals surface area contributed by atoms with Crippen molar-refractivity contribution in [3.63, 3.8) is 0 Å². The van der Waals surface area contributed by atoms with Crippen molar-refractivity contribution in [1.29, 1.82) is 0 Å². The molecule has 0 unspecified atom stereocenters. The van der Waals surface area contributed by atoms with E-state index in [-0.39, 0.29) is 5.91 Å². The molecule has 28 heavy (non-hydrogen) atoms. The molecule has 1 aliphatic heterocycles. The fourth-order valence-electron chi connectivity index (χ4n) is 2.79. The van der Waals surface area contributed by atoms with Gasteiger partial charge in [-0.2, -0.15) is 0 Å². The average molecular weight is 377 g/mol. The van der Waals surface area contributed by atoms with Gasteiger partial charge in [-0.25, -0.2) is 9.97 Å². The Morgan fingerprint density at radius 2 is 1.82 bits per heavy atom. The van der Waals surface area contributed by atoms with E-state index in [4.69, 9.17) is 9.47 Å². The maximum atomic E-state index is 12.5. The van der Waals surface area contributed by atoms with Crippen LogP contribution in [0.5, 0.6) is 11.5 Å². The number of benzene rings is 1. The second-order valence-corrected chi connectivity index (χ2v) is 6.21. The first-order valence-corrected chi connectivity index (χ1v) is 8.87. The van der Waals surface area contributed by atoms with Gasteiger partial charge in [-0.15, -0.1) is 0 Å². The molecule has 1 aliphatic rings. The fourth-order valence-corrected chi connectivity index (χ4v) is 2.79. The summed E-state index contributed by atoms with van der Waals surface area (Å²) >= 11 is 0. The second kappa shape index (κ2) is 7.91. The van der Waals surface area contributed by atoms with Crippen molar-refractivity contribution in [2.45, 2.75) is 13.5 Å². The highest BCUT2D eigenvalue weighted by Gasteiger charge is 2.14. The zero-order chi connectivity index (χ0) is 19.3. The molecule has 2 N–H and O–H groups in total. The summed E-state index contributed by atoms with van der Waals surface area (Å²) in [6.07, 6.45) is 3.37. The van der Waals surface area contributed by atoms with Crippen LogP contribution in [-0.2, 0) is 6.54 Å². The number of ether oxygens (including phenoxy) is 2. The first kappa shape index (κ1) is 17.7. The zero-order valence-corrected chi connectivity index (χ0v) is 15.3. The summed E-state index contributed by atoms with van der Waals surface area (Å²) < 4.78 is 11.1. The first-order valence-electron chi connectivity index (χ1n) is 8.87. The number of aromatic nitrogens is 3. The molecule has 4 rings (SSSR count). The number of aryl methyl sites for hydroxylation is 1. The molecule has 142 valence electrons. The molecule has 8 nitrogen and oxygen atoms in total. The Kier molecular flexibility index (Phi) is 5.01. The van der Waals surface area contributed by atoms with Crippen LogP contribution in [0.15, 0.2) is 48.8 Å². The Balaban J connectivity index is 1.48. The fraction of sp³-hybridized carbons (Fsp3) is 0.200. The van der Waals surface area contributed by atoms with Crippen molar-refractivity contribution in [2.75, 3.05) is 18.5 Å². The quantitative estimate of drug-likeness (QED) is 0.705. The smallest absolute Gasteiger partial charge is 0.270 e. The van der Waals surface area contributed by atoms with Crippen LogP contribution >= 0.6 is 0 Å². The van der Waals surface area contributed by atoms with Gasteiger partial charge in [0, 0.05) is 36.8 Å². The van der Waals surface area contributed by atoms with Crippen LogP contribution in [0.1, 0.15) is 21.9 Å². The van der Waals surface area contributed by atoms with Crippen LogP contribution in [-0.4, -0.2) is 34.1 Å². The maximum absolute atomic E-state index is 12.5. The predicted octanol–water partition coefficient (Wildman–Crippen LogP) is 2.62. The van der Waals surface area contributed by atoms with Crippen LogP contribution in [0.4, 0.5) is 11.5 Å². The molecule has 2 aromatic heterocycles. The Labute approximate surface area is 162 Å². The van der Waals surface area contributed by atoms with Crippen LogP contribution < -0.4 is 20.1 Å². The van der Waals surface area contributed by atoms with E-state index in [1.165, 1.54) is 0 Å². The van der Waals surface area contributed by atoms with E-state index in [0.717, 1.165) is 11.3 Å². The highest BCUT2D eigenvalue weighted by Crippen LogP contribution is 2.33. The van der Waals surface area contributed by atoms with Crippen molar-refractivity contribution in [3.8, 4) is 11.5 Å². The van der Waals surface area contributed by atoms with Crippen molar-refractivity contribution in [3.05, 3.63) is 65.9 Å². The summed E-state index contributed by atoms with van der Waals surface area (Å²) in [7, 11) is 0. The lowest BCUT2D eigenvalue weighted by Gasteiger charge is -2.19. The number of amides is 1. The largest absolute Gasteiger partial charge is 0.486 e. The highest BCUT2D eigenvalue weighted by atomic mass is 16.6. The minimum absolute atomic E-state index is 0.271. The number of fused-ring (bicyclic) bond motifs is 1. The van der Waals surface area contributed by atoms with Crippen LogP contribution in [0.25, 0.3) is 0 Å². The Hall–Kier alpha value is -3.68. The minimum Gasteiger partial charge on any atom is -0.486 e. The SMILES string of the molecule is Cc1nc(Nc2ccc3c(c2)OCCO3)cc(C(=O)NCc2ccncc2)n1. The summed E-state index contributed by atoms with van der Waals surface area (Å²) in [6, 6.07) is 10.9. The van der Waals surface area contributed by atoms with E-state index < -0.39 is 0 Å². The number of carbonyl (C=O) groups is 1. The van der Waals surface area contributed by atoms with E-state index in [1.807, 2.05) is 30.3 Å². The van der Waals surface area contributed by atoms with E-state index in [9.17, 15) is 4.79 Å². The number of nitrogens with one attached hydrogen (secondary N) is 2. The molecule has 0 saturated heterocycles. The lowest BCUT2D eigenvalue weighted by molar-refractivity contribution is 0.0945. The third-order valence-electron chi connectivity index (χ3n) is 4.09. The van der Waals surface area contributed by atoms with Gasteiger partial charge in [-0.3, -0.25) is 9.78 Å². The molecule has 0 bridgehead atoms. The Bertz CT molecular complexity index is 994. The molecule has 0 aliphatic carbocycles. The van der Waals surface area contributed by atoms with Gasteiger partial charge in [0.2, 0.25) is 0 Å². The number of nitrogens with zero attached hydrogens (tertiary/aromatic N) is 3. The van der Waals surface area contributed by atoms with Gasteiger partial charge in [-0.05, 0) is 36.8 Å². The summed E-state index contributed by atoms with van der Waals surface area (Å²) in [6.45, 7) is 3.21. The van der Waals surface area contributed by atoms with Gasteiger partial charge in [-0.1, -0.05) is 0 Å². The maximum Gasteiger partial charge on any atom is 0.270 e. The number of pyridine rings is 1. The van der Waals surface area contributed by atoms with Gasteiger partial charge in [0.15, 0.2) is 11.5 Å². The van der Waals surface area contributed by atoms with E-state index in [2.05, 4.69) is 25.6 Å². The summed E-state index contributed by atoms with van der Waals surface area (Å²) in [5, 5.41) is 6.04. The number of hydrogen-bond donors (Lipinski definition) is 2. The third-order valence-corrected chi connectivity index (χ3v) is 4.09. The molecule has 0 fully saturated rings. The van der Waals surface area contributed by atoms with Crippen LogP contribution in [0.2, 0.25) is 0 Å². The Morgan fingerprint density at radius 1 is 1.04 bits per heavy atom. The standard InChI is InChI=1S/C20H19N5O3/c1-13-23-16(20(26)22-12-14-4-6-21-7-5-14)11-19(24-13)25-15-2-3-17-18(10-15)28-9-8-27-17/h2-7,10-11H,8-9,12H2,1H3,(H,22,26)(H,23,24,25). The van der Waals surface area contributed by atoms with E-state index >= 15 is 0 Å². The molecule has 1 aromatic carbocycles. The summed E-state index contributed by atoms with van der Waals surface area (Å²) in [5.41, 5.74) is 2.04. The third kappa shape index (κ3) is 4.17. The highest BCUT2D eigenvalue weighted by molar-refractivity contribution is 5.93. The molecular formula is C20H19N5O3. The zero-order valence-electron chi connectivity index (χ0n) is 15.3. The topological polar surface area (TPSA) is 98.3 Å². The van der Waals surface area contributed by atoms with Gasteiger partial charge in [0.05, 0.1) is 0 Å². The normalized spacial score (nSPS) is 12.3. The molecule has 0 spiro atoms. The average Bonchev–Trinajstić information content (AvgIpc) is 2.72. The van der Waals surface area contributed by atoms with Crippen LogP contribution in [0, 0.1) is 6.92 Å².